The molecule has 0 fully saturated rings. The van der Waals surface area contributed by atoms with Gasteiger partial charge >= 0.3 is 18.2 Å². The third-order valence-electron chi connectivity index (χ3n) is 2.72. The van der Waals surface area contributed by atoms with Crippen LogP contribution in [0.4, 0.5) is 23.7 Å². The van der Waals surface area contributed by atoms with Crippen molar-refractivity contribution < 1.29 is 27.9 Å². The second-order valence-corrected chi connectivity index (χ2v) is 4.41. The Hall–Kier alpha value is -2.25. The van der Waals surface area contributed by atoms with Gasteiger partial charge in [0, 0.05) is 13.6 Å². The van der Waals surface area contributed by atoms with Gasteiger partial charge in [0.15, 0.2) is 0 Å². The Balaban J connectivity index is 3.08. The SMILES string of the molecule is CCCN(C)C(=O)Nc1ccc(C(F)(F)F)cc1C(=O)O. The number of anilines is 1. The first-order valence-electron chi connectivity index (χ1n) is 6.13. The quantitative estimate of drug-likeness (QED) is 0.897. The molecular weight excluding hydrogens is 289 g/mol. The van der Waals surface area contributed by atoms with E-state index in [0.29, 0.717) is 19.0 Å². The maximum Gasteiger partial charge on any atom is 0.416 e. The number of alkyl halides is 3. The van der Waals surface area contributed by atoms with Crippen molar-refractivity contribution in [3.8, 4) is 0 Å². The predicted octanol–water partition coefficient (Wildman–Crippen LogP) is 3.28. The third-order valence-corrected chi connectivity index (χ3v) is 2.72. The fourth-order valence-corrected chi connectivity index (χ4v) is 1.65. The van der Waals surface area contributed by atoms with E-state index < -0.39 is 29.3 Å². The molecule has 0 atom stereocenters. The van der Waals surface area contributed by atoms with Crippen LogP contribution >= 0.6 is 0 Å². The van der Waals surface area contributed by atoms with Crippen molar-refractivity contribution in [2.75, 3.05) is 18.9 Å². The Morgan fingerprint density at radius 1 is 1.33 bits per heavy atom. The van der Waals surface area contributed by atoms with Gasteiger partial charge in [-0.2, -0.15) is 13.2 Å². The number of aromatic carboxylic acids is 1. The maximum atomic E-state index is 12.6. The summed E-state index contributed by atoms with van der Waals surface area (Å²) in [7, 11) is 1.50. The summed E-state index contributed by atoms with van der Waals surface area (Å²) in [5, 5.41) is 11.3. The smallest absolute Gasteiger partial charge is 0.416 e. The first kappa shape index (κ1) is 16.8. The number of nitrogens with one attached hydrogen (secondary N) is 1. The fourth-order valence-electron chi connectivity index (χ4n) is 1.65. The highest BCUT2D eigenvalue weighted by molar-refractivity contribution is 6.00. The molecule has 0 aliphatic heterocycles. The van der Waals surface area contributed by atoms with Crippen LogP contribution in [0, 0.1) is 0 Å². The van der Waals surface area contributed by atoms with E-state index in [2.05, 4.69) is 5.32 Å². The summed E-state index contributed by atoms with van der Waals surface area (Å²) in [5.74, 6) is -1.55. The van der Waals surface area contributed by atoms with Crippen molar-refractivity contribution in [3.05, 3.63) is 29.3 Å². The standard InChI is InChI=1S/C13H15F3N2O3/c1-3-6-18(2)12(21)17-10-5-4-8(13(14,15)16)7-9(10)11(19)20/h4-5,7H,3,6H2,1-2H3,(H,17,21)(H,19,20). The zero-order valence-electron chi connectivity index (χ0n) is 11.5. The lowest BCUT2D eigenvalue weighted by Crippen LogP contribution is -2.32. The summed E-state index contributed by atoms with van der Waals surface area (Å²) >= 11 is 0. The highest BCUT2D eigenvalue weighted by Crippen LogP contribution is 2.32. The van der Waals surface area contributed by atoms with E-state index in [1.807, 2.05) is 6.92 Å². The largest absolute Gasteiger partial charge is 0.478 e. The van der Waals surface area contributed by atoms with Crippen molar-refractivity contribution in [3.63, 3.8) is 0 Å². The number of carboxylic acid groups (broad SMARTS) is 1. The second kappa shape index (κ2) is 6.47. The van der Waals surface area contributed by atoms with Gasteiger partial charge in [0.1, 0.15) is 0 Å². The van der Waals surface area contributed by atoms with E-state index in [1.54, 1.807) is 0 Å². The molecule has 0 bridgehead atoms. The van der Waals surface area contributed by atoms with Gasteiger partial charge in [-0.15, -0.1) is 0 Å². The Kier molecular flexibility index (Phi) is 5.17. The van der Waals surface area contributed by atoms with Gasteiger partial charge in [0.25, 0.3) is 0 Å². The lowest BCUT2D eigenvalue weighted by molar-refractivity contribution is -0.137. The number of nitrogens with zero attached hydrogens (tertiary/aromatic N) is 1. The number of halogens is 3. The van der Waals surface area contributed by atoms with Gasteiger partial charge in [-0.1, -0.05) is 6.92 Å². The number of rotatable bonds is 4. The molecule has 0 aliphatic rings. The molecule has 0 spiro atoms. The Morgan fingerprint density at radius 3 is 2.43 bits per heavy atom. The Labute approximate surface area is 119 Å². The third kappa shape index (κ3) is 4.37. The highest BCUT2D eigenvalue weighted by atomic mass is 19.4. The molecule has 1 aromatic rings. The van der Waals surface area contributed by atoms with E-state index in [4.69, 9.17) is 5.11 Å². The molecule has 0 heterocycles. The minimum Gasteiger partial charge on any atom is -0.478 e. The predicted molar refractivity (Wildman–Crippen MR) is 70.3 cm³/mol. The highest BCUT2D eigenvalue weighted by Gasteiger charge is 2.32. The normalized spacial score (nSPS) is 11.1. The Morgan fingerprint density at radius 2 is 1.95 bits per heavy atom. The fraction of sp³-hybridized carbons (Fsp3) is 0.385. The zero-order chi connectivity index (χ0) is 16.2. The van der Waals surface area contributed by atoms with Gasteiger partial charge in [-0.3, -0.25) is 0 Å². The van der Waals surface area contributed by atoms with Crippen LogP contribution in [0.3, 0.4) is 0 Å². The number of benzene rings is 1. The lowest BCUT2D eigenvalue weighted by Gasteiger charge is -2.18. The van der Waals surface area contributed by atoms with Gasteiger partial charge in [0.05, 0.1) is 16.8 Å². The first-order valence-corrected chi connectivity index (χ1v) is 6.13. The van der Waals surface area contributed by atoms with Crippen molar-refractivity contribution in [2.45, 2.75) is 19.5 Å². The molecule has 2 amide bonds. The van der Waals surface area contributed by atoms with Crippen LogP contribution < -0.4 is 5.32 Å². The molecule has 5 nitrogen and oxygen atoms in total. The molecule has 1 aromatic carbocycles. The molecule has 2 N–H and O–H groups in total. The van der Waals surface area contributed by atoms with E-state index in [1.165, 1.54) is 11.9 Å². The summed E-state index contributed by atoms with van der Waals surface area (Å²) in [6.07, 6.45) is -3.95. The molecule has 0 aromatic heterocycles. The van der Waals surface area contributed by atoms with E-state index in [0.717, 1.165) is 12.1 Å². The molecule has 0 saturated heterocycles. The number of carbonyl (C=O) groups is 2. The van der Waals surface area contributed by atoms with Gasteiger partial charge in [-0.25, -0.2) is 9.59 Å². The average Bonchev–Trinajstić information content (AvgIpc) is 2.37. The minimum absolute atomic E-state index is 0.177. The van der Waals surface area contributed by atoms with E-state index in [-0.39, 0.29) is 5.69 Å². The van der Waals surface area contributed by atoms with Crippen molar-refractivity contribution in [1.82, 2.24) is 4.90 Å². The second-order valence-electron chi connectivity index (χ2n) is 4.41. The Bertz CT molecular complexity index is 544. The van der Waals surface area contributed by atoms with Crippen LogP contribution in [-0.4, -0.2) is 35.6 Å². The summed E-state index contributed by atoms with van der Waals surface area (Å²) in [5.41, 5.74) is -1.87. The number of hydrogen-bond donors (Lipinski definition) is 2. The van der Waals surface area contributed by atoms with Crippen LogP contribution in [0.25, 0.3) is 0 Å². The number of hydrogen-bond acceptors (Lipinski definition) is 2. The molecule has 21 heavy (non-hydrogen) atoms. The van der Waals surface area contributed by atoms with Crippen molar-refractivity contribution in [1.29, 1.82) is 0 Å². The van der Waals surface area contributed by atoms with E-state index in [9.17, 15) is 22.8 Å². The molecule has 0 radical (unpaired) electrons. The molecule has 0 aliphatic carbocycles. The lowest BCUT2D eigenvalue weighted by atomic mass is 10.1. The zero-order valence-corrected chi connectivity index (χ0v) is 11.5. The molecule has 8 heteroatoms. The topological polar surface area (TPSA) is 69.6 Å². The number of urea groups is 1. The molecule has 1 rings (SSSR count). The van der Waals surface area contributed by atoms with Crippen molar-refractivity contribution in [2.24, 2.45) is 0 Å². The number of carboxylic acids is 1. The van der Waals surface area contributed by atoms with Crippen LogP contribution in [0.15, 0.2) is 18.2 Å². The molecule has 0 unspecified atom stereocenters. The minimum atomic E-state index is -4.65. The summed E-state index contributed by atoms with van der Waals surface area (Å²) < 4.78 is 37.7. The van der Waals surface area contributed by atoms with Gasteiger partial charge < -0.3 is 15.3 Å². The number of carbonyl (C=O) groups excluding carboxylic acids is 1. The summed E-state index contributed by atoms with van der Waals surface area (Å²) in [4.78, 5) is 24.1. The average molecular weight is 304 g/mol. The van der Waals surface area contributed by atoms with Crippen LogP contribution in [-0.2, 0) is 6.18 Å². The van der Waals surface area contributed by atoms with Crippen LogP contribution in [0.2, 0.25) is 0 Å². The molecule has 0 saturated carbocycles. The van der Waals surface area contributed by atoms with Crippen molar-refractivity contribution >= 4 is 17.7 Å². The monoisotopic (exact) mass is 304 g/mol. The van der Waals surface area contributed by atoms with Crippen LogP contribution in [0.1, 0.15) is 29.3 Å². The summed E-state index contributed by atoms with van der Waals surface area (Å²) in [6, 6.07) is 1.57. The van der Waals surface area contributed by atoms with Crippen LogP contribution in [0.5, 0.6) is 0 Å². The van der Waals surface area contributed by atoms with Gasteiger partial charge in [0.2, 0.25) is 0 Å². The van der Waals surface area contributed by atoms with Gasteiger partial charge in [-0.05, 0) is 24.6 Å². The first-order chi connectivity index (χ1) is 9.66. The molecule has 116 valence electrons. The summed E-state index contributed by atoms with van der Waals surface area (Å²) in [6.45, 7) is 2.29. The maximum absolute atomic E-state index is 12.6. The number of amides is 2. The van der Waals surface area contributed by atoms with E-state index >= 15 is 0 Å². The molecular formula is C13H15F3N2O3.